The number of hydrazine groups is 1. The maximum atomic E-state index is 12.5. The molecule has 1 saturated carbocycles. The Morgan fingerprint density at radius 3 is 2.23 bits per heavy atom. The van der Waals surface area contributed by atoms with Gasteiger partial charge in [0.25, 0.3) is 5.91 Å². The number of hydrogen-bond acceptors (Lipinski definition) is 4. The highest BCUT2D eigenvalue weighted by Crippen LogP contribution is 2.35. The van der Waals surface area contributed by atoms with Gasteiger partial charge >= 0.3 is 0 Å². The number of nitrogens with zero attached hydrogens (tertiary/aromatic N) is 2. The van der Waals surface area contributed by atoms with E-state index in [1.165, 1.54) is 0 Å². The van der Waals surface area contributed by atoms with Crippen molar-refractivity contribution in [3.8, 4) is 0 Å². The second-order valence-electron chi connectivity index (χ2n) is 6.58. The molecule has 0 radical (unpaired) electrons. The molecule has 2 aromatic carbocycles. The summed E-state index contributed by atoms with van der Waals surface area (Å²) in [5.74, 6) is -0.450. The zero-order valence-corrected chi connectivity index (χ0v) is 14.3. The Balaban J connectivity index is 1.53. The van der Waals surface area contributed by atoms with Gasteiger partial charge in [0.05, 0.1) is 11.7 Å². The number of rotatable bonds is 4. The van der Waals surface area contributed by atoms with Crippen molar-refractivity contribution in [2.24, 2.45) is 11.0 Å². The molecule has 1 aliphatic heterocycles. The monoisotopic (exact) mass is 348 g/mol. The predicted molar refractivity (Wildman–Crippen MR) is 99.2 cm³/mol. The van der Waals surface area contributed by atoms with Gasteiger partial charge < -0.3 is 0 Å². The van der Waals surface area contributed by atoms with Crippen LogP contribution < -0.4 is 15.9 Å². The summed E-state index contributed by atoms with van der Waals surface area (Å²) in [6.45, 7) is 0. The van der Waals surface area contributed by atoms with Gasteiger partial charge in [0.1, 0.15) is 5.71 Å². The van der Waals surface area contributed by atoms with E-state index in [1.54, 1.807) is 0 Å². The number of hydrogen-bond donors (Lipinski definition) is 2. The molecule has 1 atom stereocenters. The molecule has 2 aliphatic rings. The van der Waals surface area contributed by atoms with Gasteiger partial charge in [0.15, 0.2) is 0 Å². The molecule has 1 fully saturated rings. The van der Waals surface area contributed by atoms with E-state index in [4.69, 9.17) is 0 Å². The minimum Gasteiger partial charge on any atom is -0.273 e. The number of benzene rings is 2. The molecule has 2 N–H and O–H groups in total. The van der Waals surface area contributed by atoms with Crippen molar-refractivity contribution < 1.29 is 9.59 Å². The molecule has 0 unspecified atom stereocenters. The molecule has 6 nitrogen and oxygen atoms in total. The second kappa shape index (κ2) is 7.00. The van der Waals surface area contributed by atoms with Crippen molar-refractivity contribution in [1.29, 1.82) is 0 Å². The number of hydrazone groups is 1. The predicted octanol–water partition coefficient (Wildman–Crippen LogP) is 2.55. The van der Waals surface area contributed by atoms with E-state index in [-0.39, 0.29) is 23.8 Å². The average Bonchev–Trinajstić information content (AvgIpc) is 3.45. The van der Waals surface area contributed by atoms with E-state index in [1.807, 2.05) is 65.7 Å². The van der Waals surface area contributed by atoms with E-state index in [0.717, 1.165) is 24.1 Å². The van der Waals surface area contributed by atoms with E-state index in [0.29, 0.717) is 12.1 Å². The molecule has 0 aromatic heterocycles. The lowest BCUT2D eigenvalue weighted by molar-refractivity contribution is -0.127. The highest BCUT2D eigenvalue weighted by atomic mass is 16.2. The van der Waals surface area contributed by atoms with Crippen LogP contribution in [-0.2, 0) is 9.59 Å². The summed E-state index contributed by atoms with van der Waals surface area (Å²) in [4.78, 5) is 24.2. The van der Waals surface area contributed by atoms with Crippen molar-refractivity contribution in [2.45, 2.75) is 25.3 Å². The quantitative estimate of drug-likeness (QED) is 0.834. The molecule has 2 amide bonds. The number of nitrogens with one attached hydrogen (secondary N) is 2. The van der Waals surface area contributed by atoms with Crippen LogP contribution in [-0.4, -0.2) is 17.5 Å². The lowest BCUT2D eigenvalue weighted by Crippen LogP contribution is -2.45. The first-order valence-corrected chi connectivity index (χ1v) is 8.79. The van der Waals surface area contributed by atoms with Gasteiger partial charge in [-0.3, -0.25) is 25.4 Å². The highest BCUT2D eigenvalue weighted by molar-refractivity contribution is 6.39. The third-order valence-corrected chi connectivity index (χ3v) is 4.62. The lowest BCUT2D eigenvalue weighted by atomic mass is 10.0. The van der Waals surface area contributed by atoms with Crippen LogP contribution in [0.1, 0.15) is 30.9 Å². The summed E-state index contributed by atoms with van der Waals surface area (Å²) >= 11 is 0. The van der Waals surface area contributed by atoms with Crippen LogP contribution in [0.25, 0.3) is 0 Å². The van der Waals surface area contributed by atoms with Crippen LogP contribution in [0, 0.1) is 5.92 Å². The molecule has 0 spiro atoms. The normalized spacial score (nSPS) is 19.0. The Morgan fingerprint density at radius 2 is 1.58 bits per heavy atom. The third kappa shape index (κ3) is 3.44. The first-order valence-electron chi connectivity index (χ1n) is 8.79. The number of carbonyl (C=O) groups excluding carboxylic acids is 2. The molecular weight excluding hydrogens is 328 g/mol. The maximum Gasteiger partial charge on any atom is 0.285 e. The molecule has 26 heavy (non-hydrogen) atoms. The molecule has 1 heterocycles. The van der Waals surface area contributed by atoms with Gasteiger partial charge in [-0.1, -0.05) is 48.5 Å². The van der Waals surface area contributed by atoms with Crippen molar-refractivity contribution in [1.82, 2.24) is 10.9 Å². The molecule has 4 rings (SSSR count). The summed E-state index contributed by atoms with van der Waals surface area (Å²) in [5.41, 5.74) is 7.40. The summed E-state index contributed by atoms with van der Waals surface area (Å²) in [7, 11) is 0. The standard InChI is InChI=1S/C20H20N4O2/c25-19(15-11-12-15)21-22-20(26)17-13-18(14-7-3-1-4-8-14)24(23-17)16-9-5-2-6-10-16/h1-10,15,18H,11-13H2,(H,21,25)(H,22,26)/t18-/m1/s1. The number of para-hydroxylation sites is 1. The minimum absolute atomic E-state index is 0.0405. The van der Waals surface area contributed by atoms with Crippen LogP contribution in [0.5, 0.6) is 0 Å². The molecule has 0 bridgehead atoms. The van der Waals surface area contributed by atoms with E-state index in [9.17, 15) is 9.59 Å². The fraction of sp³-hybridized carbons (Fsp3) is 0.250. The van der Waals surface area contributed by atoms with Gasteiger partial charge in [0, 0.05) is 12.3 Å². The van der Waals surface area contributed by atoms with Gasteiger partial charge in [-0.25, -0.2) is 0 Å². The van der Waals surface area contributed by atoms with Crippen molar-refractivity contribution in [3.05, 3.63) is 66.2 Å². The molecule has 6 heteroatoms. The Labute approximate surface area is 151 Å². The molecular formula is C20H20N4O2. The van der Waals surface area contributed by atoms with E-state index >= 15 is 0 Å². The number of amides is 2. The largest absolute Gasteiger partial charge is 0.285 e. The molecule has 132 valence electrons. The highest BCUT2D eigenvalue weighted by Gasteiger charge is 2.33. The maximum absolute atomic E-state index is 12.5. The minimum atomic E-state index is -0.363. The number of carbonyl (C=O) groups is 2. The average molecular weight is 348 g/mol. The lowest BCUT2D eigenvalue weighted by Gasteiger charge is -2.23. The fourth-order valence-corrected chi connectivity index (χ4v) is 3.04. The van der Waals surface area contributed by atoms with E-state index in [2.05, 4.69) is 16.0 Å². The zero-order valence-electron chi connectivity index (χ0n) is 14.3. The smallest absolute Gasteiger partial charge is 0.273 e. The van der Waals surface area contributed by atoms with E-state index < -0.39 is 0 Å². The number of anilines is 1. The summed E-state index contributed by atoms with van der Waals surface area (Å²) < 4.78 is 0. The van der Waals surface area contributed by atoms with Gasteiger partial charge in [0.2, 0.25) is 5.91 Å². The molecule has 1 aliphatic carbocycles. The first-order chi connectivity index (χ1) is 12.7. The molecule has 2 aromatic rings. The Kier molecular flexibility index (Phi) is 4.39. The van der Waals surface area contributed by atoms with Crippen molar-refractivity contribution in [3.63, 3.8) is 0 Å². The van der Waals surface area contributed by atoms with Crippen molar-refractivity contribution in [2.75, 3.05) is 5.01 Å². The topological polar surface area (TPSA) is 73.8 Å². The van der Waals surface area contributed by atoms with Crippen LogP contribution in [0.2, 0.25) is 0 Å². The SMILES string of the molecule is O=C(NNC(=O)C1CC1)C1=NN(c2ccccc2)[C@@H](c2ccccc2)C1. The molecule has 0 saturated heterocycles. The van der Waals surface area contributed by atoms with Crippen LogP contribution in [0.15, 0.2) is 65.8 Å². The second-order valence-corrected chi connectivity index (χ2v) is 6.58. The summed E-state index contributed by atoms with van der Waals surface area (Å²) in [6, 6.07) is 19.7. The first kappa shape index (κ1) is 16.3. The van der Waals surface area contributed by atoms with Gasteiger partial charge in [-0.2, -0.15) is 5.10 Å². The van der Waals surface area contributed by atoms with Crippen LogP contribution >= 0.6 is 0 Å². The zero-order chi connectivity index (χ0) is 17.9. The van der Waals surface area contributed by atoms with Crippen LogP contribution in [0.4, 0.5) is 5.69 Å². The van der Waals surface area contributed by atoms with Gasteiger partial charge in [-0.15, -0.1) is 0 Å². The third-order valence-electron chi connectivity index (χ3n) is 4.62. The summed E-state index contributed by atoms with van der Waals surface area (Å²) in [6.07, 6.45) is 2.26. The fourth-order valence-electron chi connectivity index (χ4n) is 3.04. The summed E-state index contributed by atoms with van der Waals surface area (Å²) in [5, 5.41) is 6.41. The van der Waals surface area contributed by atoms with Crippen LogP contribution in [0.3, 0.4) is 0 Å². The Bertz CT molecular complexity index is 831. The van der Waals surface area contributed by atoms with Crippen molar-refractivity contribution >= 4 is 23.2 Å². The Morgan fingerprint density at radius 1 is 0.923 bits per heavy atom. The Hall–Kier alpha value is -3.15. The van der Waals surface area contributed by atoms with Gasteiger partial charge in [-0.05, 0) is 30.5 Å².